The number of hydrogen-bond donors (Lipinski definition) is 2. The molecule has 2 heterocycles. The van der Waals surface area contributed by atoms with Crippen LogP contribution in [0.25, 0.3) is 0 Å². The van der Waals surface area contributed by atoms with Gasteiger partial charge in [0.2, 0.25) is 10.0 Å². The minimum absolute atomic E-state index is 0.321. The first-order valence-corrected chi connectivity index (χ1v) is 7.09. The fourth-order valence-electron chi connectivity index (χ4n) is 1.76. The first-order valence-electron chi connectivity index (χ1n) is 5.19. The minimum Gasteiger partial charge on any atom is -0.346 e. The van der Waals surface area contributed by atoms with Crippen LogP contribution in [0.15, 0.2) is 29.5 Å². The van der Waals surface area contributed by atoms with Gasteiger partial charge in [0.15, 0.2) is 0 Å². The fourth-order valence-corrected chi connectivity index (χ4v) is 2.23. The molecule has 0 saturated carbocycles. The van der Waals surface area contributed by atoms with Crippen LogP contribution in [0.3, 0.4) is 0 Å². The number of aromatic nitrogens is 2. The van der Waals surface area contributed by atoms with E-state index in [4.69, 9.17) is 0 Å². The van der Waals surface area contributed by atoms with Crippen LogP contribution in [-0.4, -0.2) is 37.4 Å². The van der Waals surface area contributed by atoms with Gasteiger partial charge in [-0.05, 0) is 18.6 Å². The maximum atomic E-state index is 11.0. The topological polar surface area (TPSA) is 87.2 Å². The van der Waals surface area contributed by atoms with Crippen LogP contribution in [0.5, 0.6) is 0 Å². The molecule has 0 saturated heterocycles. The molecule has 1 aliphatic rings. The van der Waals surface area contributed by atoms with Gasteiger partial charge in [-0.1, -0.05) is 0 Å². The maximum Gasteiger partial charge on any atom is 0.208 e. The van der Waals surface area contributed by atoms with E-state index in [1.54, 1.807) is 18.6 Å². The van der Waals surface area contributed by atoms with Crippen molar-refractivity contribution in [3.05, 3.63) is 30.4 Å². The summed E-state index contributed by atoms with van der Waals surface area (Å²) in [5.41, 5.74) is -0.568. The molecule has 17 heavy (non-hydrogen) atoms. The van der Waals surface area contributed by atoms with E-state index in [2.05, 4.69) is 19.7 Å². The fraction of sp³-hybridized carbons (Fsp3) is 0.400. The number of aliphatic imine (C=N–C) groups is 1. The Hall–Kier alpha value is -1.47. The van der Waals surface area contributed by atoms with Gasteiger partial charge in [0.25, 0.3) is 0 Å². The lowest BCUT2D eigenvalue weighted by atomic mass is 9.96. The monoisotopic (exact) mass is 254 g/mol. The first kappa shape index (κ1) is 12.0. The van der Waals surface area contributed by atoms with Crippen LogP contribution < -0.4 is 4.72 Å². The predicted molar refractivity (Wildman–Crippen MR) is 65.4 cm³/mol. The Bertz CT molecular complexity index is 519. The Morgan fingerprint density at radius 1 is 1.53 bits per heavy atom. The molecular weight excluding hydrogens is 240 g/mol. The van der Waals surface area contributed by atoms with E-state index in [0.717, 1.165) is 12.1 Å². The molecule has 0 aromatic carbocycles. The Morgan fingerprint density at radius 3 is 2.88 bits per heavy atom. The molecule has 6 nitrogen and oxygen atoms in total. The average molecular weight is 254 g/mol. The summed E-state index contributed by atoms with van der Waals surface area (Å²) >= 11 is 0. The van der Waals surface area contributed by atoms with Crippen LogP contribution in [0, 0.1) is 0 Å². The lowest BCUT2D eigenvalue weighted by Crippen LogP contribution is -2.30. The number of hydrogen-bond acceptors (Lipinski definition) is 4. The Morgan fingerprint density at radius 2 is 2.35 bits per heavy atom. The van der Waals surface area contributed by atoms with Gasteiger partial charge in [-0.2, -0.15) is 0 Å². The van der Waals surface area contributed by atoms with Crippen molar-refractivity contribution in [3.63, 3.8) is 0 Å². The molecule has 2 N–H and O–H groups in total. The van der Waals surface area contributed by atoms with Crippen molar-refractivity contribution in [2.24, 2.45) is 4.99 Å². The number of allylic oxidation sites excluding steroid dienone is 1. The number of rotatable bonds is 5. The molecule has 0 fully saturated rings. The quantitative estimate of drug-likeness (QED) is 0.786. The number of H-pyrrole nitrogens is 1. The average Bonchev–Trinajstić information content (AvgIpc) is 2.85. The van der Waals surface area contributed by atoms with Gasteiger partial charge in [0.1, 0.15) is 11.4 Å². The summed E-state index contributed by atoms with van der Waals surface area (Å²) in [6.45, 7) is 0.321. The molecule has 0 radical (unpaired) electrons. The maximum absolute atomic E-state index is 11.0. The van der Waals surface area contributed by atoms with Gasteiger partial charge in [0.05, 0.1) is 6.26 Å². The van der Waals surface area contributed by atoms with Crippen LogP contribution in [0.4, 0.5) is 0 Å². The Balaban J connectivity index is 2.10. The summed E-state index contributed by atoms with van der Waals surface area (Å²) in [5, 5.41) is 0. The largest absolute Gasteiger partial charge is 0.346 e. The van der Waals surface area contributed by atoms with Gasteiger partial charge in [-0.3, -0.25) is 4.99 Å². The Labute approximate surface area is 99.9 Å². The van der Waals surface area contributed by atoms with E-state index in [1.807, 2.05) is 12.2 Å². The zero-order valence-electron chi connectivity index (χ0n) is 9.42. The van der Waals surface area contributed by atoms with Gasteiger partial charge in [-0.25, -0.2) is 18.1 Å². The number of imidazole rings is 1. The van der Waals surface area contributed by atoms with E-state index in [9.17, 15) is 8.42 Å². The van der Waals surface area contributed by atoms with Gasteiger partial charge >= 0.3 is 0 Å². The molecule has 1 aromatic heterocycles. The van der Waals surface area contributed by atoms with Crippen LogP contribution in [0.2, 0.25) is 0 Å². The number of aromatic amines is 1. The van der Waals surface area contributed by atoms with E-state index in [1.165, 1.54) is 0 Å². The molecule has 0 amide bonds. The van der Waals surface area contributed by atoms with Crippen molar-refractivity contribution in [2.75, 3.05) is 12.8 Å². The standard InChI is InChI=1S/C10H14N4O2S/c1-17(15,16)14-6-4-10(3-2-5-13-10)9-11-7-8-12-9/h2-3,5,7-8,14H,4,6H2,1H3,(H,11,12). The van der Waals surface area contributed by atoms with Crippen molar-refractivity contribution in [1.29, 1.82) is 0 Å². The second kappa shape index (κ2) is 4.42. The first-order chi connectivity index (χ1) is 8.02. The molecule has 7 heteroatoms. The molecule has 2 rings (SSSR count). The molecule has 92 valence electrons. The van der Waals surface area contributed by atoms with E-state index in [-0.39, 0.29) is 0 Å². The normalized spacial score (nSPS) is 23.4. The SMILES string of the molecule is CS(=O)(=O)NCCC1(c2ncc[nH]2)C=CC=N1. The van der Waals surface area contributed by atoms with E-state index in [0.29, 0.717) is 13.0 Å². The second-order valence-electron chi connectivity index (χ2n) is 3.92. The minimum atomic E-state index is -3.17. The van der Waals surface area contributed by atoms with Crippen LogP contribution in [0.1, 0.15) is 12.2 Å². The smallest absolute Gasteiger partial charge is 0.208 e. The van der Waals surface area contributed by atoms with Crippen LogP contribution >= 0.6 is 0 Å². The van der Waals surface area contributed by atoms with Crippen molar-refractivity contribution in [2.45, 2.75) is 12.0 Å². The highest BCUT2D eigenvalue weighted by Gasteiger charge is 2.32. The summed E-state index contributed by atoms with van der Waals surface area (Å²) in [6.07, 6.45) is 10.5. The number of sulfonamides is 1. The molecular formula is C10H14N4O2S. The third kappa shape index (κ3) is 2.80. The third-order valence-corrected chi connectivity index (χ3v) is 3.27. The lowest BCUT2D eigenvalue weighted by molar-refractivity contribution is 0.490. The van der Waals surface area contributed by atoms with Crippen molar-refractivity contribution >= 4 is 16.2 Å². The summed E-state index contributed by atoms with van der Waals surface area (Å²) in [6, 6.07) is 0. The van der Waals surface area contributed by atoms with Gasteiger partial charge < -0.3 is 4.98 Å². The summed E-state index contributed by atoms with van der Waals surface area (Å²) in [7, 11) is -3.17. The number of nitrogens with zero attached hydrogens (tertiary/aromatic N) is 2. The molecule has 0 aliphatic carbocycles. The molecule has 1 atom stereocenters. The van der Waals surface area contributed by atoms with Gasteiger partial charge in [-0.15, -0.1) is 0 Å². The van der Waals surface area contributed by atoms with E-state index >= 15 is 0 Å². The summed E-state index contributed by atoms with van der Waals surface area (Å²) < 4.78 is 24.5. The highest BCUT2D eigenvalue weighted by Crippen LogP contribution is 2.30. The highest BCUT2D eigenvalue weighted by atomic mass is 32.2. The molecule has 1 aliphatic heterocycles. The summed E-state index contributed by atoms with van der Waals surface area (Å²) in [4.78, 5) is 11.6. The van der Waals surface area contributed by atoms with Gasteiger partial charge in [0, 0.05) is 25.2 Å². The zero-order valence-corrected chi connectivity index (χ0v) is 10.2. The zero-order chi connectivity index (χ0) is 12.4. The lowest BCUT2D eigenvalue weighted by Gasteiger charge is -2.21. The molecule has 0 spiro atoms. The number of nitrogens with one attached hydrogen (secondary N) is 2. The molecule has 1 unspecified atom stereocenters. The Kier molecular flexibility index (Phi) is 3.12. The third-order valence-electron chi connectivity index (χ3n) is 2.54. The molecule has 0 bridgehead atoms. The summed E-state index contributed by atoms with van der Waals surface area (Å²) in [5.74, 6) is 0.720. The second-order valence-corrected chi connectivity index (χ2v) is 5.75. The van der Waals surface area contributed by atoms with Crippen molar-refractivity contribution < 1.29 is 8.42 Å². The van der Waals surface area contributed by atoms with Crippen LogP contribution in [-0.2, 0) is 15.6 Å². The van der Waals surface area contributed by atoms with Crippen molar-refractivity contribution in [3.8, 4) is 0 Å². The highest BCUT2D eigenvalue weighted by molar-refractivity contribution is 7.88. The predicted octanol–water partition coefficient (Wildman–Crippen LogP) is 0.185. The van der Waals surface area contributed by atoms with E-state index < -0.39 is 15.6 Å². The van der Waals surface area contributed by atoms with Crippen molar-refractivity contribution in [1.82, 2.24) is 14.7 Å². The molecule has 1 aromatic rings.